The number of rotatable bonds is 4. The molecule has 0 spiro atoms. The first-order valence-electron chi connectivity index (χ1n) is 7.04. The maximum absolute atomic E-state index is 11.8. The standard InChI is InChI=1S/C18H22O2/c1-13(19)15-10-9-14-7-5-6-8-16(14)17(15)20-12-11-18(2,3)4/h5-10H,11-12H2,1-4H3. The van der Waals surface area contributed by atoms with E-state index in [-0.39, 0.29) is 11.2 Å². The maximum atomic E-state index is 11.8. The number of Topliss-reactive ketones (excluding diaryl/α,β-unsaturated/α-hetero) is 1. The van der Waals surface area contributed by atoms with Gasteiger partial charge in [0.25, 0.3) is 0 Å². The van der Waals surface area contributed by atoms with Crippen molar-refractivity contribution in [3.05, 3.63) is 42.0 Å². The zero-order valence-electron chi connectivity index (χ0n) is 12.7. The number of fused-ring (bicyclic) bond motifs is 1. The summed E-state index contributed by atoms with van der Waals surface area (Å²) in [7, 11) is 0. The molecule has 0 radical (unpaired) electrons. The van der Waals surface area contributed by atoms with Crippen molar-refractivity contribution >= 4 is 16.6 Å². The summed E-state index contributed by atoms with van der Waals surface area (Å²) in [5, 5.41) is 2.11. The van der Waals surface area contributed by atoms with E-state index in [2.05, 4.69) is 20.8 Å². The number of ether oxygens (including phenoxy) is 1. The molecule has 0 amide bonds. The molecule has 0 saturated heterocycles. The van der Waals surface area contributed by atoms with Crippen molar-refractivity contribution in [3.63, 3.8) is 0 Å². The van der Waals surface area contributed by atoms with Gasteiger partial charge in [0.15, 0.2) is 5.78 Å². The molecule has 20 heavy (non-hydrogen) atoms. The smallest absolute Gasteiger partial charge is 0.163 e. The third kappa shape index (κ3) is 3.38. The number of hydrogen-bond acceptors (Lipinski definition) is 2. The Morgan fingerprint density at radius 2 is 1.80 bits per heavy atom. The largest absolute Gasteiger partial charge is 0.492 e. The molecule has 2 aromatic rings. The van der Waals surface area contributed by atoms with Gasteiger partial charge in [-0.05, 0) is 30.2 Å². The molecular formula is C18H22O2. The summed E-state index contributed by atoms with van der Waals surface area (Å²) < 4.78 is 5.97. The topological polar surface area (TPSA) is 26.3 Å². The van der Waals surface area contributed by atoms with Gasteiger partial charge in [-0.3, -0.25) is 4.79 Å². The molecule has 0 aliphatic heterocycles. The fourth-order valence-electron chi connectivity index (χ4n) is 2.14. The summed E-state index contributed by atoms with van der Waals surface area (Å²) in [6.07, 6.45) is 0.952. The SMILES string of the molecule is CC(=O)c1ccc2ccccc2c1OCCC(C)(C)C. The van der Waals surface area contributed by atoms with Crippen molar-refractivity contribution in [2.45, 2.75) is 34.1 Å². The molecule has 0 N–H and O–H groups in total. The van der Waals surface area contributed by atoms with E-state index in [0.717, 1.165) is 22.9 Å². The normalized spacial score (nSPS) is 11.6. The Balaban J connectivity index is 2.37. The Hall–Kier alpha value is -1.83. The molecular weight excluding hydrogens is 248 g/mol. The van der Waals surface area contributed by atoms with E-state index in [9.17, 15) is 4.79 Å². The number of hydrogen-bond donors (Lipinski definition) is 0. The molecule has 0 aromatic heterocycles. The lowest BCUT2D eigenvalue weighted by Crippen LogP contribution is -2.12. The van der Waals surface area contributed by atoms with Crippen LogP contribution in [-0.4, -0.2) is 12.4 Å². The second kappa shape index (κ2) is 5.66. The molecule has 0 heterocycles. The zero-order chi connectivity index (χ0) is 14.8. The third-order valence-electron chi connectivity index (χ3n) is 3.36. The first-order chi connectivity index (χ1) is 9.38. The molecule has 2 rings (SSSR count). The van der Waals surface area contributed by atoms with Gasteiger partial charge in [0.2, 0.25) is 0 Å². The van der Waals surface area contributed by atoms with E-state index in [0.29, 0.717) is 12.2 Å². The molecule has 0 aliphatic rings. The number of ketones is 1. The fraction of sp³-hybridized carbons (Fsp3) is 0.389. The minimum Gasteiger partial charge on any atom is -0.492 e. The maximum Gasteiger partial charge on any atom is 0.163 e. The Bertz CT molecular complexity index is 621. The van der Waals surface area contributed by atoms with Crippen LogP contribution in [0.2, 0.25) is 0 Å². The monoisotopic (exact) mass is 270 g/mol. The van der Waals surface area contributed by atoms with Crippen LogP contribution < -0.4 is 4.74 Å². The van der Waals surface area contributed by atoms with E-state index in [1.165, 1.54) is 0 Å². The average Bonchev–Trinajstić information content (AvgIpc) is 2.37. The Kier molecular flexibility index (Phi) is 4.12. The minimum absolute atomic E-state index is 0.0431. The van der Waals surface area contributed by atoms with Crippen LogP contribution in [0.5, 0.6) is 5.75 Å². The molecule has 2 nitrogen and oxygen atoms in total. The van der Waals surface area contributed by atoms with Gasteiger partial charge in [0, 0.05) is 5.39 Å². The lowest BCUT2D eigenvalue weighted by Gasteiger charge is -2.19. The van der Waals surface area contributed by atoms with Crippen molar-refractivity contribution in [2.75, 3.05) is 6.61 Å². The minimum atomic E-state index is 0.0431. The first-order valence-corrected chi connectivity index (χ1v) is 7.04. The van der Waals surface area contributed by atoms with Crippen molar-refractivity contribution < 1.29 is 9.53 Å². The highest BCUT2D eigenvalue weighted by atomic mass is 16.5. The lowest BCUT2D eigenvalue weighted by atomic mass is 9.93. The van der Waals surface area contributed by atoms with Crippen molar-refractivity contribution in [3.8, 4) is 5.75 Å². The fourth-order valence-corrected chi connectivity index (χ4v) is 2.14. The van der Waals surface area contributed by atoms with Crippen LogP contribution in [-0.2, 0) is 0 Å². The highest BCUT2D eigenvalue weighted by molar-refractivity contribution is 6.03. The molecule has 0 unspecified atom stereocenters. The second-order valence-electron chi connectivity index (χ2n) is 6.38. The summed E-state index contributed by atoms with van der Waals surface area (Å²) in [4.78, 5) is 11.8. The highest BCUT2D eigenvalue weighted by Gasteiger charge is 2.15. The van der Waals surface area contributed by atoms with E-state index in [4.69, 9.17) is 4.74 Å². The number of carbonyl (C=O) groups excluding carboxylic acids is 1. The Morgan fingerprint density at radius 1 is 1.10 bits per heavy atom. The molecule has 0 atom stereocenters. The second-order valence-corrected chi connectivity index (χ2v) is 6.38. The molecule has 0 aliphatic carbocycles. The summed E-state index contributed by atoms with van der Waals surface area (Å²) in [6, 6.07) is 11.8. The predicted octanol–water partition coefficient (Wildman–Crippen LogP) is 4.86. The van der Waals surface area contributed by atoms with E-state index >= 15 is 0 Å². The quantitative estimate of drug-likeness (QED) is 0.742. The van der Waals surface area contributed by atoms with Gasteiger partial charge in [-0.15, -0.1) is 0 Å². The van der Waals surface area contributed by atoms with Crippen molar-refractivity contribution in [1.29, 1.82) is 0 Å². The van der Waals surface area contributed by atoms with E-state index in [1.54, 1.807) is 6.92 Å². The van der Waals surface area contributed by atoms with Gasteiger partial charge >= 0.3 is 0 Å². The highest BCUT2D eigenvalue weighted by Crippen LogP contribution is 2.31. The molecule has 0 saturated carbocycles. The van der Waals surface area contributed by atoms with Gasteiger partial charge in [-0.1, -0.05) is 51.1 Å². The van der Waals surface area contributed by atoms with Gasteiger partial charge in [-0.2, -0.15) is 0 Å². The van der Waals surface area contributed by atoms with Crippen LogP contribution >= 0.6 is 0 Å². The molecule has 0 fully saturated rings. The summed E-state index contributed by atoms with van der Waals surface area (Å²) in [6.45, 7) is 8.76. The molecule has 0 bridgehead atoms. The van der Waals surface area contributed by atoms with Crippen LogP contribution in [0.1, 0.15) is 44.5 Å². The zero-order valence-corrected chi connectivity index (χ0v) is 12.7. The summed E-state index contributed by atoms with van der Waals surface area (Å²) in [5.41, 5.74) is 0.888. The van der Waals surface area contributed by atoms with Crippen LogP contribution in [0.4, 0.5) is 0 Å². The lowest BCUT2D eigenvalue weighted by molar-refractivity contribution is 0.101. The van der Waals surface area contributed by atoms with E-state index < -0.39 is 0 Å². The Morgan fingerprint density at radius 3 is 2.45 bits per heavy atom. The van der Waals surface area contributed by atoms with Crippen LogP contribution in [0.3, 0.4) is 0 Å². The van der Waals surface area contributed by atoms with Gasteiger partial charge in [0.1, 0.15) is 5.75 Å². The van der Waals surface area contributed by atoms with Gasteiger partial charge in [-0.25, -0.2) is 0 Å². The first kappa shape index (κ1) is 14.6. The predicted molar refractivity (Wildman–Crippen MR) is 83.5 cm³/mol. The molecule has 2 heteroatoms. The number of benzene rings is 2. The van der Waals surface area contributed by atoms with Crippen molar-refractivity contribution in [1.82, 2.24) is 0 Å². The molecule has 2 aromatic carbocycles. The number of carbonyl (C=O) groups is 1. The summed E-state index contributed by atoms with van der Waals surface area (Å²) >= 11 is 0. The van der Waals surface area contributed by atoms with Gasteiger partial charge < -0.3 is 4.74 Å². The van der Waals surface area contributed by atoms with Crippen molar-refractivity contribution in [2.24, 2.45) is 5.41 Å². The average molecular weight is 270 g/mol. The van der Waals surface area contributed by atoms with Crippen LogP contribution in [0.25, 0.3) is 10.8 Å². The van der Waals surface area contributed by atoms with E-state index in [1.807, 2.05) is 36.4 Å². The molecule has 106 valence electrons. The van der Waals surface area contributed by atoms with Crippen LogP contribution in [0.15, 0.2) is 36.4 Å². The summed E-state index contributed by atoms with van der Waals surface area (Å²) in [5.74, 6) is 0.765. The Labute approximate surface area is 120 Å². The van der Waals surface area contributed by atoms with Gasteiger partial charge in [0.05, 0.1) is 12.2 Å². The third-order valence-corrected chi connectivity index (χ3v) is 3.36. The van der Waals surface area contributed by atoms with Crippen LogP contribution in [0, 0.1) is 5.41 Å².